The van der Waals surface area contributed by atoms with Crippen LogP contribution in [0.5, 0.6) is 0 Å². The summed E-state index contributed by atoms with van der Waals surface area (Å²) in [4.78, 5) is 11.6. The summed E-state index contributed by atoms with van der Waals surface area (Å²) in [6.45, 7) is 8.33. The van der Waals surface area contributed by atoms with Gasteiger partial charge in [0.15, 0.2) is 5.96 Å². The van der Waals surface area contributed by atoms with Crippen molar-refractivity contribution in [1.29, 1.82) is 0 Å². The van der Waals surface area contributed by atoms with Crippen LogP contribution in [0.3, 0.4) is 0 Å². The molecule has 0 spiro atoms. The van der Waals surface area contributed by atoms with Crippen molar-refractivity contribution >= 4 is 53.0 Å². The van der Waals surface area contributed by atoms with Gasteiger partial charge in [-0.1, -0.05) is 0 Å². The van der Waals surface area contributed by atoms with Crippen molar-refractivity contribution in [2.75, 3.05) is 39.6 Å². The highest BCUT2D eigenvalue weighted by Crippen LogP contribution is 2.34. The van der Waals surface area contributed by atoms with Crippen LogP contribution in [0.25, 0.3) is 0 Å². The molecular formula is C16H29IN4OS2. The lowest BCUT2D eigenvalue weighted by Gasteiger charge is -2.34. The molecule has 0 saturated carbocycles. The molecule has 0 aliphatic carbocycles. The molecule has 5 nitrogen and oxygen atoms in total. The Morgan fingerprint density at radius 3 is 2.75 bits per heavy atom. The van der Waals surface area contributed by atoms with Crippen LogP contribution < -0.4 is 5.32 Å². The van der Waals surface area contributed by atoms with Gasteiger partial charge in [0, 0.05) is 36.9 Å². The maximum Gasteiger partial charge on any atom is 0.194 e. The minimum absolute atomic E-state index is 0. The molecule has 0 aromatic carbocycles. The number of nitrogens with one attached hydrogen (secondary N) is 1. The number of thioether (sulfide) groups is 1. The standard InChI is InChI=1S/C16H28N4OS2.HI/c1-5-17-15(20(3)10-14-11-23-13(2)19-14)18-12-16(22-4)6-8-21-9-7-16;/h11H,5-10,12H2,1-4H3,(H,17,18);1H. The second-order valence-electron chi connectivity index (χ2n) is 5.88. The number of guanidine groups is 1. The first-order valence-electron chi connectivity index (χ1n) is 8.12. The Morgan fingerprint density at radius 1 is 1.50 bits per heavy atom. The van der Waals surface area contributed by atoms with E-state index < -0.39 is 0 Å². The Balaban J connectivity index is 0.00000288. The van der Waals surface area contributed by atoms with Crippen molar-refractivity contribution in [3.8, 4) is 0 Å². The Kier molecular flexibility index (Phi) is 9.91. The van der Waals surface area contributed by atoms with Gasteiger partial charge in [-0.2, -0.15) is 11.8 Å². The highest BCUT2D eigenvalue weighted by atomic mass is 127. The van der Waals surface area contributed by atoms with Crippen molar-refractivity contribution in [2.45, 2.75) is 38.0 Å². The fourth-order valence-electron chi connectivity index (χ4n) is 2.66. The summed E-state index contributed by atoms with van der Waals surface area (Å²) in [7, 11) is 2.08. The molecule has 24 heavy (non-hydrogen) atoms. The number of hydrogen-bond donors (Lipinski definition) is 1. The van der Waals surface area contributed by atoms with Crippen LogP contribution in [-0.4, -0.2) is 60.2 Å². The number of rotatable bonds is 6. The van der Waals surface area contributed by atoms with Crippen LogP contribution >= 0.6 is 47.1 Å². The van der Waals surface area contributed by atoms with Gasteiger partial charge in [-0.25, -0.2) is 4.98 Å². The van der Waals surface area contributed by atoms with E-state index in [1.54, 1.807) is 11.3 Å². The van der Waals surface area contributed by atoms with Crippen LogP contribution in [0.15, 0.2) is 10.4 Å². The molecule has 2 rings (SSSR count). The summed E-state index contributed by atoms with van der Waals surface area (Å²) in [5.74, 6) is 0.957. The molecule has 0 bridgehead atoms. The lowest BCUT2D eigenvalue weighted by molar-refractivity contribution is 0.0793. The Bertz CT molecular complexity index is 518. The Hall–Kier alpha value is -0.0600. The number of halogens is 1. The summed E-state index contributed by atoms with van der Waals surface area (Å²) in [5, 5.41) is 6.63. The quantitative estimate of drug-likeness (QED) is 0.381. The Labute approximate surface area is 171 Å². The third-order valence-electron chi connectivity index (χ3n) is 4.12. The molecular weight excluding hydrogens is 455 g/mol. The van der Waals surface area contributed by atoms with Gasteiger partial charge >= 0.3 is 0 Å². The number of nitrogens with zero attached hydrogens (tertiary/aromatic N) is 3. The average molecular weight is 484 g/mol. The zero-order chi connectivity index (χ0) is 16.7. The first kappa shape index (κ1) is 22.0. The molecule has 0 amide bonds. The number of ether oxygens (including phenoxy) is 1. The predicted octanol–water partition coefficient (Wildman–Crippen LogP) is 3.38. The first-order chi connectivity index (χ1) is 11.1. The van der Waals surface area contributed by atoms with Gasteiger partial charge in [-0.05, 0) is 32.9 Å². The smallest absolute Gasteiger partial charge is 0.194 e. The van der Waals surface area contributed by atoms with Gasteiger partial charge in [0.2, 0.25) is 0 Å². The molecule has 8 heteroatoms. The zero-order valence-electron chi connectivity index (χ0n) is 15.0. The average Bonchev–Trinajstić information content (AvgIpc) is 2.97. The van der Waals surface area contributed by atoms with Gasteiger partial charge in [-0.3, -0.25) is 4.99 Å². The second kappa shape index (κ2) is 10.8. The van der Waals surface area contributed by atoms with E-state index in [0.29, 0.717) is 0 Å². The lowest BCUT2D eigenvalue weighted by atomic mass is 9.99. The molecule has 2 heterocycles. The largest absolute Gasteiger partial charge is 0.381 e. The molecule has 1 aliphatic heterocycles. The van der Waals surface area contributed by atoms with Crippen molar-refractivity contribution in [2.24, 2.45) is 4.99 Å². The van der Waals surface area contributed by atoms with Crippen molar-refractivity contribution in [1.82, 2.24) is 15.2 Å². The molecule has 0 atom stereocenters. The highest BCUT2D eigenvalue weighted by molar-refractivity contribution is 14.0. The van der Waals surface area contributed by atoms with E-state index in [1.165, 1.54) is 0 Å². The van der Waals surface area contributed by atoms with E-state index in [-0.39, 0.29) is 28.7 Å². The van der Waals surface area contributed by atoms with Crippen molar-refractivity contribution in [3.05, 3.63) is 16.1 Å². The molecule has 1 fully saturated rings. The van der Waals surface area contributed by atoms with Gasteiger partial charge in [-0.15, -0.1) is 35.3 Å². The van der Waals surface area contributed by atoms with Crippen molar-refractivity contribution < 1.29 is 4.74 Å². The van der Waals surface area contributed by atoms with E-state index in [0.717, 1.165) is 62.4 Å². The molecule has 1 aromatic rings. The normalized spacial score (nSPS) is 17.2. The molecule has 1 N–H and O–H groups in total. The Morgan fingerprint density at radius 2 is 2.21 bits per heavy atom. The summed E-state index contributed by atoms with van der Waals surface area (Å²) < 4.78 is 5.73. The minimum atomic E-state index is 0. The van der Waals surface area contributed by atoms with Crippen LogP contribution in [0.2, 0.25) is 0 Å². The summed E-state index contributed by atoms with van der Waals surface area (Å²) in [6, 6.07) is 0. The summed E-state index contributed by atoms with van der Waals surface area (Å²) in [6.07, 6.45) is 4.34. The number of aliphatic imine (C=N–C) groups is 1. The maximum absolute atomic E-state index is 5.51. The molecule has 1 aromatic heterocycles. The first-order valence-corrected chi connectivity index (χ1v) is 10.2. The highest BCUT2D eigenvalue weighted by Gasteiger charge is 2.31. The third kappa shape index (κ3) is 6.34. The number of thiazole rings is 1. The second-order valence-corrected chi connectivity index (χ2v) is 8.22. The van der Waals surface area contributed by atoms with Crippen LogP contribution in [0, 0.1) is 6.92 Å². The third-order valence-corrected chi connectivity index (χ3v) is 6.34. The van der Waals surface area contributed by atoms with Gasteiger partial charge in [0.05, 0.1) is 23.8 Å². The number of aromatic nitrogens is 1. The SMILES string of the molecule is CCNC(=NCC1(SC)CCOCC1)N(C)Cc1csc(C)n1.I. The number of aryl methyl sites for hydroxylation is 1. The number of hydrogen-bond acceptors (Lipinski definition) is 5. The minimum Gasteiger partial charge on any atom is -0.381 e. The summed E-state index contributed by atoms with van der Waals surface area (Å²) >= 11 is 3.62. The van der Waals surface area contributed by atoms with Gasteiger partial charge < -0.3 is 15.0 Å². The molecule has 0 unspecified atom stereocenters. The van der Waals surface area contributed by atoms with Crippen LogP contribution in [-0.2, 0) is 11.3 Å². The van der Waals surface area contributed by atoms with E-state index in [9.17, 15) is 0 Å². The monoisotopic (exact) mass is 484 g/mol. The molecule has 1 aliphatic rings. The van der Waals surface area contributed by atoms with E-state index >= 15 is 0 Å². The van der Waals surface area contributed by atoms with E-state index in [4.69, 9.17) is 9.73 Å². The van der Waals surface area contributed by atoms with E-state index in [2.05, 4.69) is 40.8 Å². The zero-order valence-corrected chi connectivity index (χ0v) is 19.0. The fourth-order valence-corrected chi connectivity index (χ4v) is 4.03. The predicted molar refractivity (Wildman–Crippen MR) is 116 cm³/mol. The summed E-state index contributed by atoms with van der Waals surface area (Å²) in [5.41, 5.74) is 1.10. The molecule has 1 saturated heterocycles. The van der Waals surface area contributed by atoms with Gasteiger partial charge in [0.25, 0.3) is 0 Å². The van der Waals surface area contributed by atoms with Gasteiger partial charge in [0.1, 0.15) is 0 Å². The molecule has 138 valence electrons. The lowest BCUT2D eigenvalue weighted by Crippen LogP contribution is -2.41. The van der Waals surface area contributed by atoms with Crippen molar-refractivity contribution in [3.63, 3.8) is 0 Å². The topological polar surface area (TPSA) is 49.8 Å². The fraction of sp³-hybridized carbons (Fsp3) is 0.750. The molecule has 0 radical (unpaired) electrons. The van der Waals surface area contributed by atoms with E-state index in [1.807, 2.05) is 18.7 Å². The maximum atomic E-state index is 5.51. The van der Waals surface area contributed by atoms with Crippen LogP contribution in [0.1, 0.15) is 30.5 Å². The van der Waals surface area contributed by atoms with Crippen LogP contribution in [0.4, 0.5) is 0 Å².